The van der Waals surface area contributed by atoms with Crippen LogP contribution in [0.5, 0.6) is 0 Å². The predicted octanol–water partition coefficient (Wildman–Crippen LogP) is -1.26. The third kappa shape index (κ3) is 36.4. The molecule has 0 amide bonds. The van der Waals surface area contributed by atoms with Crippen molar-refractivity contribution in [1.29, 1.82) is 0 Å². The molecule has 7 nitrogen and oxygen atoms in total. The molecule has 0 aromatic heterocycles. The van der Waals surface area contributed by atoms with Gasteiger partial charge in [0, 0.05) is 19.2 Å². The summed E-state index contributed by atoms with van der Waals surface area (Å²) in [6, 6.07) is 0. The van der Waals surface area contributed by atoms with Gasteiger partial charge in [0.2, 0.25) is 0 Å². The van der Waals surface area contributed by atoms with E-state index in [1.807, 2.05) is 0 Å². The van der Waals surface area contributed by atoms with Crippen molar-refractivity contribution in [3.05, 3.63) is 0 Å². The zero-order valence-corrected chi connectivity index (χ0v) is 12.0. The van der Waals surface area contributed by atoms with Gasteiger partial charge < -0.3 is 0 Å². The summed E-state index contributed by atoms with van der Waals surface area (Å²) in [5, 5.41) is 8.30. The van der Waals surface area contributed by atoms with E-state index in [0.717, 1.165) is 0 Å². The van der Waals surface area contributed by atoms with E-state index >= 15 is 0 Å². The Morgan fingerprint density at radius 2 is 1.44 bits per heavy atom. The summed E-state index contributed by atoms with van der Waals surface area (Å²) in [4.78, 5) is 42.6. The van der Waals surface area contributed by atoms with Gasteiger partial charge >= 0.3 is 102 Å². The maximum atomic E-state index is 10.1. The quantitative estimate of drug-likeness (QED) is 0.219. The smallest absolute Gasteiger partial charge is 0.0144 e. The van der Waals surface area contributed by atoms with Crippen molar-refractivity contribution >= 4 is 59.3 Å². The van der Waals surface area contributed by atoms with E-state index in [1.54, 1.807) is 7.05 Å². The molecule has 1 N–H and O–H groups in total. The minimum Gasteiger partial charge on any atom is 0.0144 e. The number of aliphatic carboxylic acids is 1. The van der Waals surface area contributed by atoms with Gasteiger partial charge in [-0.1, -0.05) is 0 Å². The molecule has 0 bridgehead atoms. The zero-order chi connectivity index (χ0) is 16.1. The number of likely N-dealkylation sites (N-methyl/N-ethyl adjacent to an activating group) is 1. The molecule has 0 radical (unpaired) electrons. The predicted molar refractivity (Wildman–Crippen MR) is 67.2 cm³/mol. The number of carboxylic acid groups (broad SMARTS) is 1. The number of hydrogen-bond donors (Lipinski definition) is 1. The molecule has 0 spiro atoms. The van der Waals surface area contributed by atoms with Gasteiger partial charge in [-0.25, -0.2) is 0 Å². The second kappa shape index (κ2) is 36.1. The van der Waals surface area contributed by atoms with E-state index in [4.69, 9.17) is 36.9 Å². The number of carboxylic acids is 1. The Bertz CT molecular complexity index is 242. The SMILES string of the molecule is CN(CC(=O)O)C([S-])=[S]=[Mn].[CH+]=O.[CH+]=O.[CH+]=O.[CH+]=O. The minimum atomic E-state index is -0.883. The van der Waals surface area contributed by atoms with Gasteiger partial charge in [-0.05, 0) is 0 Å². The number of rotatable bonds is 2. The van der Waals surface area contributed by atoms with Gasteiger partial charge in [-0.2, -0.15) is 0 Å². The Labute approximate surface area is 121 Å². The third-order valence-corrected chi connectivity index (χ3v) is 2.90. The Balaban J connectivity index is -0.0000000596. The van der Waals surface area contributed by atoms with E-state index < -0.39 is 5.97 Å². The van der Waals surface area contributed by atoms with E-state index in [9.17, 15) is 4.79 Å². The summed E-state index contributed by atoms with van der Waals surface area (Å²) in [6.07, 6.45) is 0. The van der Waals surface area contributed by atoms with E-state index in [1.165, 1.54) is 14.2 Å². The van der Waals surface area contributed by atoms with Crippen molar-refractivity contribution in [3.63, 3.8) is 0 Å². The Hall–Kier alpha value is -1.29. The van der Waals surface area contributed by atoms with Gasteiger partial charge in [0.25, 0.3) is 0 Å². The fourth-order valence-electron chi connectivity index (χ4n) is 0.326. The van der Waals surface area contributed by atoms with Crippen LogP contribution in [0.2, 0.25) is 0 Å². The van der Waals surface area contributed by atoms with Crippen LogP contribution in [0.25, 0.3) is 0 Å². The molecule has 0 atom stereocenters. The van der Waals surface area contributed by atoms with E-state index in [0.29, 0.717) is 4.32 Å². The van der Waals surface area contributed by atoms with Crippen LogP contribution in [0, 0.1) is 0 Å². The maximum Gasteiger partial charge on any atom is 0.490 e. The molecule has 99 valence electrons. The minimum absolute atomic E-state index is 0.0581. The summed E-state index contributed by atoms with van der Waals surface area (Å²) in [6.45, 7) is 12.9. The summed E-state index contributed by atoms with van der Waals surface area (Å²) in [5.41, 5.74) is 0. The molecule has 0 aromatic rings. The maximum absolute atomic E-state index is 10.1. The molecule has 10 heteroatoms. The van der Waals surface area contributed by atoms with Crippen LogP contribution in [0.3, 0.4) is 0 Å². The first-order chi connectivity index (χ1) is 8.57. The van der Waals surface area contributed by atoms with Crippen LogP contribution >= 0.6 is 9.27 Å². The second-order valence-electron chi connectivity index (χ2n) is 1.59. The molecule has 0 aliphatic rings. The van der Waals surface area contributed by atoms with Crippen LogP contribution in [0.15, 0.2) is 0 Å². The van der Waals surface area contributed by atoms with Crippen LogP contribution in [-0.4, -0.2) is 61.0 Å². The first-order valence-corrected chi connectivity index (χ1v) is 5.84. The molecule has 0 saturated carbocycles. The first-order valence-electron chi connectivity index (χ1n) is 3.27. The molecular weight excluding hydrogens is 325 g/mol. The second-order valence-corrected chi connectivity index (χ2v) is 3.50. The zero-order valence-electron chi connectivity index (χ0n) is 9.15. The van der Waals surface area contributed by atoms with Crippen molar-refractivity contribution in [2.24, 2.45) is 0 Å². The molecule has 0 aliphatic heterocycles. The van der Waals surface area contributed by atoms with Crippen molar-refractivity contribution in [2.45, 2.75) is 0 Å². The first kappa shape index (κ1) is 30.1. The number of carbonyl (C=O) groups excluding carboxylic acids is 4. The fraction of sp³-hybridized carbons (Fsp3) is 0.250. The monoisotopic (exact) mass is 335 g/mol. The topological polar surface area (TPSA) is 109 Å². The van der Waals surface area contributed by atoms with Crippen molar-refractivity contribution in [3.8, 4) is 0 Å². The number of carbonyl (C=O) groups is 1. The summed E-state index contributed by atoms with van der Waals surface area (Å²) in [5.74, 6) is -0.883. The summed E-state index contributed by atoms with van der Waals surface area (Å²) in [7, 11) is 2.81. The van der Waals surface area contributed by atoms with Gasteiger partial charge in [-0.15, -0.1) is 0 Å². The van der Waals surface area contributed by atoms with Gasteiger partial charge in [0.15, 0.2) is 0 Å². The number of hydrogen-bond acceptors (Lipinski definition) is 6. The van der Waals surface area contributed by atoms with Crippen molar-refractivity contribution in [1.82, 2.24) is 4.90 Å². The van der Waals surface area contributed by atoms with Gasteiger partial charge in [0.05, 0.1) is 0 Å². The molecule has 0 saturated heterocycles. The molecule has 0 aromatic carbocycles. The average Bonchev–Trinajstić information content (AvgIpc) is 2.46. The fourth-order valence-corrected chi connectivity index (χ4v) is 1.13. The Morgan fingerprint density at radius 3 is 1.61 bits per heavy atom. The molecule has 0 heterocycles. The van der Waals surface area contributed by atoms with Crippen molar-refractivity contribution in [2.75, 3.05) is 13.6 Å². The number of nitrogens with zero attached hydrogens (tertiary/aromatic N) is 1. The van der Waals surface area contributed by atoms with Crippen molar-refractivity contribution < 1.29 is 43.5 Å². The van der Waals surface area contributed by atoms with Crippen LogP contribution in [-0.2, 0) is 51.0 Å². The van der Waals surface area contributed by atoms with Gasteiger partial charge in [0.1, 0.15) is 0 Å². The molecule has 0 aliphatic carbocycles. The molecule has 0 unspecified atom stereocenters. The average molecular weight is 335 g/mol. The molecular formula is C8H10MnNO6S2+3. The standard InChI is InChI=1S/C4H7NO2S2.4CHO.Mn/c1-5(4(8)9)2-3(6)7;4*1-2;/h2H2,1H3,(H,6,7)(H,8,9);4*1H;/q;4*+1;/p-1. The largest absolute Gasteiger partial charge is 0.490 e. The normalized spacial score (nSPS) is 5.94. The third-order valence-electron chi connectivity index (χ3n) is 0.750. The van der Waals surface area contributed by atoms with E-state index in [-0.39, 0.29) is 6.54 Å². The van der Waals surface area contributed by atoms with Crippen LogP contribution < -0.4 is 0 Å². The van der Waals surface area contributed by atoms with Gasteiger partial charge in [-0.3, -0.25) is 0 Å². The molecule has 18 heavy (non-hydrogen) atoms. The Morgan fingerprint density at radius 1 is 1.17 bits per heavy atom. The summed E-state index contributed by atoms with van der Waals surface area (Å²) < 4.78 is 0.516. The molecule has 0 fully saturated rings. The van der Waals surface area contributed by atoms with Crippen LogP contribution in [0.1, 0.15) is 0 Å². The molecule has 0 rings (SSSR count). The van der Waals surface area contributed by atoms with E-state index in [2.05, 4.69) is 41.5 Å². The summed E-state index contributed by atoms with van der Waals surface area (Å²) >= 11 is 7.82. The Kier molecular flexibility index (Phi) is 60.2. The van der Waals surface area contributed by atoms with Crippen LogP contribution in [0.4, 0.5) is 0 Å².